The van der Waals surface area contributed by atoms with E-state index in [0.717, 1.165) is 31.0 Å². The van der Waals surface area contributed by atoms with Crippen molar-refractivity contribution in [3.8, 4) is 0 Å². The van der Waals surface area contributed by atoms with Crippen LogP contribution in [-0.4, -0.2) is 19.9 Å². The fraction of sp³-hybridized carbons (Fsp3) is 0. The molecule has 120 valence electrons. The molecule has 24 heavy (non-hydrogen) atoms. The average molecular weight is 487 g/mol. The van der Waals surface area contributed by atoms with Crippen LogP contribution in [0.15, 0.2) is 57.7 Å². The van der Waals surface area contributed by atoms with Gasteiger partial charge < -0.3 is 0 Å². The van der Waals surface area contributed by atoms with Crippen molar-refractivity contribution in [1.82, 2.24) is 19.9 Å². The van der Waals surface area contributed by atoms with Gasteiger partial charge in [-0.25, -0.2) is 9.97 Å². The van der Waals surface area contributed by atoms with E-state index in [-0.39, 0.29) is 0 Å². The van der Waals surface area contributed by atoms with Crippen LogP contribution >= 0.6 is 55.1 Å². The number of hydrogen-bond donors (Lipinski definition) is 0. The van der Waals surface area contributed by atoms with E-state index >= 15 is 0 Å². The zero-order chi connectivity index (χ0) is 17.1. The van der Waals surface area contributed by atoms with E-state index in [1.807, 2.05) is 36.4 Å². The normalized spacial score (nSPS) is 10.5. The minimum absolute atomic E-state index is 0.417. The minimum atomic E-state index is 0.417. The van der Waals surface area contributed by atoms with Gasteiger partial charge in [0.05, 0.1) is 34.5 Å². The van der Waals surface area contributed by atoms with Crippen LogP contribution < -0.4 is 0 Å². The largest absolute Gasteiger partial charge is 0.251 e. The summed E-state index contributed by atoms with van der Waals surface area (Å²) in [5, 5.41) is 0.834. The average Bonchev–Trinajstić information content (AvgIpc) is 2.54. The van der Waals surface area contributed by atoms with Crippen LogP contribution in [0.4, 0.5) is 0 Å². The zero-order valence-electron chi connectivity index (χ0n) is 11.9. The molecule has 0 fully saturated rings. The first-order valence-corrected chi connectivity index (χ1v) is 9.01. The monoisotopic (exact) mass is 484 g/mol. The van der Waals surface area contributed by atoms with Crippen LogP contribution in [0.1, 0.15) is 0 Å². The predicted molar refractivity (Wildman–Crippen MR) is 104 cm³/mol. The highest BCUT2D eigenvalue weighted by Crippen LogP contribution is 2.18. The summed E-state index contributed by atoms with van der Waals surface area (Å²) in [7, 11) is 0. The van der Waals surface area contributed by atoms with Gasteiger partial charge in [-0.05, 0) is 36.4 Å². The molecule has 2 aromatic carbocycles. The molecule has 0 bridgehead atoms. The number of hydrogen-bond acceptors (Lipinski definition) is 4. The Kier molecular flexibility index (Phi) is 5.61. The van der Waals surface area contributed by atoms with Gasteiger partial charge in [0.1, 0.15) is 10.3 Å². The van der Waals surface area contributed by atoms with E-state index in [0.29, 0.717) is 10.3 Å². The molecule has 2 heterocycles. The van der Waals surface area contributed by atoms with Crippen LogP contribution in [0.3, 0.4) is 0 Å². The molecule has 0 aliphatic heterocycles. The molecular formula is C16H8Br2Cl2N4. The summed E-state index contributed by atoms with van der Waals surface area (Å²) in [5.41, 5.74) is 3.30. The van der Waals surface area contributed by atoms with Crippen molar-refractivity contribution in [1.29, 1.82) is 0 Å². The number of nitrogens with zero attached hydrogens (tertiary/aromatic N) is 4. The van der Waals surface area contributed by atoms with E-state index in [4.69, 9.17) is 23.2 Å². The lowest BCUT2D eigenvalue weighted by Gasteiger charge is -1.96. The van der Waals surface area contributed by atoms with E-state index < -0.39 is 0 Å². The molecule has 2 aromatic heterocycles. The van der Waals surface area contributed by atoms with Gasteiger partial charge in [0.25, 0.3) is 0 Å². The van der Waals surface area contributed by atoms with Gasteiger partial charge in [0.15, 0.2) is 0 Å². The van der Waals surface area contributed by atoms with Crippen molar-refractivity contribution >= 4 is 77.1 Å². The minimum Gasteiger partial charge on any atom is -0.251 e. The highest BCUT2D eigenvalue weighted by atomic mass is 79.9. The molecule has 0 unspecified atom stereocenters. The molecular weight excluding hydrogens is 479 g/mol. The van der Waals surface area contributed by atoms with Gasteiger partial charge in [-0.2, -0.15) is 0 Å². The number of aromatic nitrogens is 4. The highest BCUT2D eigenvalue weighted by molar-refractivity contribution is 9.10. The summed E-state index contributed by atoms with van der Waals surface area (Å²) in [6, 6.07) is 11.4. The van der Waals surface area contributed by atoms with Crippen LogP contribution in [0.25, 0.3) is 22.1 Å². The summed E-state index contributed by atoms with van der Waals surface area (Å²) in [4.78, 5) is 16.4. The molecule has 4 rings (SSSR count). The summed E-state index contributed by atoms with van der Waals surface area (Å²) in [6.07, 6.45) is 3.08. The molecule has 0 radical (unpaired) electrons. The van der Waals surface area contributed by atoms with Gasteiger partial charge in [0.2, 0.25) is 0 Å². The Morgan fingerprint density at radius 3 is 1.46 bits per heavy atom. The van der Waals surface area contributed by atoms with Crippen LogP contribution in [0.2, 0.25) is 10.3 Å². The van der Waals surface area contributed by atoms with Crippen LogP contribution in [0.5, 0.6) is 0 Å². The fourth-order valence-electron chi connectivity index (χ4n) is 1.92. The first kappa shape index (κ1) is 17.5. The molecule has 0 spiro atoms. The molecule has 0 saturated carbocycles. The Morgan fingerprint density at radius 1 is 0.625 bits per heavy atom. The van der Waals surface area contributed by atoms with Crippen molar-refractivity contribution in [2.24, 2.45) is 0 Å². The highest BCUT2D eigenvalue weighted by Gasteiger charge is 1.98. The molecule has 0 N–H and O–H groups in total. The summed E-state index contributed by atoms with van der Waals surface area (Å²) < 4.78 is 1.96. The first-order chi connectivity index (χ1) is 11.5. The third-order valence-corrected chi connectivity index (χ3v) is 4.30. The Morgan fingerprint density at radius 2 is 1.04 bits per heavy atom. The smallest absolute Gasteiger partial charge is 0.148 e. The Hall–Kier alpha value is -1.34. The zero-order valence-corrected chi connectivity index (χ0v) is 16.6. The van der Waals surface area contributed by atoms with Crippen molar-refractivity contribution < 1.29 is 0 Å². The molecule has 4 nitrogen and oxygen atoms in total. The molecule has 0 aliphatic carbocycles. The van der Waals surface area contributed by atoms with Gasteiger partial charge in [0, 0.05) is 8.95 Å². The number of fused-ring (bicyclic) bond motifs is 2. The quantitative estimate of drug-likeness (QED) is 0.302. The summed E-state index contributed by atoms with van der Waals surface area (Å²) in [5.74, 6) is 0. The predicted octanol–water partition coefficient (Wildman–Crippen LogP) is 6.09. The van der Waals surface area contributed by atoms with Crippen molar-refractivity contribution in [3.63, 3.8) is 0 Å². The molecule has 4 aromatic rings. The number of rotatable bonds is 0. The molecule has 0 aliphatic rings. The Balaban J connectivity index is 0.000000141. The maximum atomic E-state index is 5.68. The third kappa shape index (κ3) is 4.39. The molecule has 8 heteroatoms. The topological polar surface area (TPSA) is 51.6 Å². The summed E-state index contributed by atoms with van der Waals surface area (Å²) in [6.45, 7) is 0. The number of benzene rings is 2. The lowest BCUT2D eigenvalue weighted by molar-refractivity contribution is 1.29. The van der Waals surface area contributed by atoms with Gasteiger partial charge >= 0.3 is 0 Å². The lowest BCUT2D eigenvalue weighted by Crippen LogP contribution is -1.83. The summed E-state index contributed by atoms with van der Waals surface area (Å²) >= 11 is 18.1. The molecule has 0 saturated heterocycles. The van der Waals surface area contributed by atoms with Gasteiger partial charge in [-0.15, -0.1) is 0 Å². The molecule has 0 atom stereocenters. The van der Waals surface area contributed by atoms with Crippen molar-refractivity contribution in [2.45, 2.75) is 0 Å². The third-order valence-electron chi connectivity index (χ3n) is 2.95. The van der Waals surface area contributed by atoms with Crippen molar-refractivity contribution in [2.75, 3.05) is 0 Å². The van der Waals surface area contributed by atoms with E-state index in [1.54, 1.807) is 0 Å². The van der Waals surface area contributed by atoms with E-state index in [1.165, 1.54) is 12.4 Å². The first-order valence-electron chi connectivity index (χ1n) is 6.67. The second-order valence-electron chi connectivity index (χ2n) is 4.65. The Bertz CT molecular complexity index is 870. The van der Waals surface area contributed by atoms with Crippen molar-refractivity contribution in [3.05, 3.63) is 68.0 Å². The van der Waals surface area contributed by atoms with E-state index in [9.17, 15) is 0 Å². The van der Waals surface area contributed by atoms with Crippen LogP contribution in [-0.2, 0) is 0 Å². The fourth-order valence-corrected chi connectivity index (χ4v) is 2.90. The standard InChI is InChI=1S/2C8H4BrClN2/c2*9-5-1-2-6-7(3-5)12-8(10)4-11-6/h2*1-4H. The maximum absolute atomic E-state index is 5.68. The number of halogens is 4. The van der Waals surface area contributed by atoms with Gasteiger partial charge in [-0.3, -0.25) is 9.97 Å². The second-order valence-corrected chi connectivity index (χ2v) is 7.26. The SMILES string of the molecule is Clc1cnc2ccc(Br)cc2n1.Clc1cnc2ccc(Br)cc2n1. The maximum Gasteiger partial charge on any atom is 0.148 e. The molecule has 0 amide bonds. The second kappa shape index (κ2) is 7.70. The Labute approximate surface area is 164 Å². The van der Waals surface area contributed by atoms with Crippen LogP contribution in [0, 0.1) is 0 Å². The lowest BCUT2D eigenvalue weighted by atomic mass is 10.3. The van der Waals surface area contributed by atoms with Gasteiger partial charge in [-0.1, -0.05) is 55.1 Å². The van der Waals surface area contributed by atoms with E-state index in [2.05, 4.69) is 51.8 Å².